The molecule has 2 aliphatic rings. The fourth-order valence-electron chi connectivity index (χ4n) is 3.74. The van der Waals surface area contributed by atoms with Crippen molar-refractivity contribution in [3.63, 3.8) is 0 Å². The van der Waals surface area contributed by atoms with Crippen LogP contribution in [0.3, 0.4) is 0 Å². The topological polar surface area (TPSA) is 18.5 Å². The average Bonchev–Trinajstić information content (AvgIpc) is 2.46. The van der Waals surface area contributed by atoms with Crippen LogP contribution in [-0.4, -0.2) is 31.7 Å². The first-order valence-corrected chi connectivity index (χ1v) is 9.00. The Morgan fingerprint density at radius 1 is 1.25 bits per heavy atom. The summed E-state index contributed by atoms with van der Waals surface area (Å²) in [6.07, 6.45) is 6.60. The van der Waals surface area contributed by atoms with E-state index in [1.165, 1.54) is 19.3 Å². The number of rotatable bonds is 5. The smallest absolute Gasteiger partial charge is 0.0608 e. The Balaban J connectivity index is 1.92. The number of hydrogen-bond acceptors (Lipinski definition) is 3. The zero-order valence-electron chi connectivity index (χ0n) is 13.4. The zero-order valence-corrected chi connectivity index (χ0v) is 14.3. The second-order valence-electron chi connectivity index (χ2n) is 7.45. The summed E-state index contributed by atoms with van der Waals surface area (Å²) >= 11 is 4.59. The van der Waals surface area contributed by atoms with E-state index < -0.39 is 0 Å². The summed E-state index contributed by atoms with van der Waals surface area (Å²) in [5.74, 6) is 3.21. The van der Waals surface area contributed by atoms with E-state index in [1.54, 1.807) is 0 Å². The SMILES string of the molecule is CC1CCC(C(C)C)C(OCC2(CS)CCOCC2)C1. The molecule has 0 radical (unpaired) electrons. The predicted octanol–water partition coefficient (Wildman–Crippen LogP) is 4.19. The van der Waals surface area contributed by atoms with E-state index >= 15 is 0 Å². The molecule has 0 spiro atoms. The van der Waals surface area contributed by atoms with Gasteiger partial charge in [0.2, 0.25) is 0 Å². The molecule has 1 aliphatic heterocycles. The molecule has 3 heteroatoms. The van der Waals surface area contributed by atoms with Gasteiger partial charge in [-0.05, 0) is 49.2 Å². The molecular formula is C17H32O2S. The second kappa shape index (κ2) is 7.51. The molecule has 118 valence electrons. The summed E-state index contributed by atoms with van der Waals surface area (Å²) in [5, 5.41) is 0. The molecule has 2 rings (SSSR count). The van der Waals surface area contributed by atoms with Crippen molar-refractivity contribution in [1.29, 1.82) is 0 Å². The average molecular weight is 301 g/mol. The van der Waals surface area contributed by atoms with Crippen LogP contribution in [0.15, 0.2) is 0 Å². The van der Waals surface area contributed by atoms with E-state index in [9.17, 15) is 0 Å². The summed E-state index contributed by atoms with van der Waals surface area (Å²) in [7, 11) is 0. The molecule has 1 saturated carbocycles. The Bertz CT molecular complexity index is 287. The lowest BCUT2D eigenvalue weighted by Gasteiger charge is -2.41. The Hall–Kier alpha value is 0.270. The molecule has 0 aromatic rings. The molecule has 0 bridgehead atoms. The van der Waals surface area contributed by atoms with Crippen LogP contribution in [0.1, 0.15) is 52.9 Å². The molecule has 1 heterocycles. The third-order valence-electron chi connectivity index (χ3n) is 5.45. The summed E-state index contributed by atoms with van der Waals surface area (Å²) in [5.41, 5.74) is 0.254. The lowest BCUT2D eigenvalue weighted by atomic mass is 9.75. The van der Waals surface area contributed by atoms with Gasteiger partial charge in [0.1, 0.15) is 0 Å². The maximum Gasteiger partial charge on any atom is 0.0608 e. The van der Waals surface area contributed by atoms with E-state index in [2.05, 4.69) is 33.4 Å². The highest BCUT2D eigenvalue weighted by Gasteiger charge is 2.36. The van der Waals surface area contributed by atoms with Gasteiger partial charge in [0.05, 0.1) is 12.7 Å². The summed E-state index contributed by atoms with van der Waals surface area (Å²) in [6.45, 7) is 9.69. The Morgan fingerprint density at radius 2 is 1.95 bits per heavy atom. The molecule has 0 aromatic heterocycles. The fraction of sp³-hybridized carbons (Fsp3) is 1.00. The summed E-state index contributed by atoms with van der Waals surface area (Å²) in [6, 6.07) is 0. The van der Waals surface area contributed by atoms with Gasteiger partial charge in [-0.2, -0.15) is 12.6 Å². The van der Waals surface area contributed by atoms with E-state index in [4.69, 9.17) is 9.47 Å². The van der Waals surface area contributed by atoms with Crippen molar-refractivity contribution in [3.8, 4) is 0 Å². The minimum absolute atomic E-state index is 0.254. The molecule has 0 amide bonds. The Morgan fingerprint density at radius 3 is 2.55 bits per heavy atom. The van der Waals surface area contributed by atoms with Gasteiger partial charge in [-0.15, -0.1) is 0 Å². The lowest BCUT2D eigenvalue weighted by Crippen LogP contribution is -2.41. The predicted molar refractivity (Wildman–Crippen MR) is 87.4 cm³/mol. The molecular weight excluding hydrogens is 268 g/mol. The maximum absolute atomic E-state index is 6.46. The molecule has 1 aliphatic carbocycles. The van der Waals surface area contributed by atoms with E-state index in [-0.39, 0.29) is 5.41 Å². The van der Waals surface area contributed by atoms with Gasteiger partial charge in [-0.1, -0.05) is 27.2 Å². The minimum atomic E-state index is 0.254. The second-order valence-corrected chi connectivity index (χ2v) is 7.76. The zero-order chi connectivity index (χ0) is 14.6. The van der Waals surface area contributed by atoms with E-state index in [0.29, 0.717) is 6.10 Å². The highest BCUT2D eigenvalue weighted by molar-refractivity contribution is 7.80. The molecule has 3 unspecified atom stereocenters. The molecule has 20 heavy (non-hydrogen) atoms. The van der Waals surface area contributed by atoms with Crippen LogP contribution >= 0.6 is 12.6 Å². The first kappa shape index (κ1) is 16.6. The molecule has 0 N–H and O–H groups in total. The van der Waals surface area contributed by atoms with Crippen molar-refractivity contribution >= 4 is 12.6 Å². The van der Waals surface area contributed by atoms with Gasteiger partial charge in [0.25, 0.3) is 0 Å². The monoisotopic (exact) mass is 300 g/mol. The van der Waals surface area contributed by atoms with Crippen molar-refractivity contribution in [2.75, 3.05) is 25.6 Å². The lowest BCUT2D eigenvalue weighted by molar-refractivity contribution is -0.0912. The highest BCUT2D eigenvalue weighted by Crippen LogP contribution is 2.38. The largest absolute Gasteiger partial charge is 0.381 e. The molecule has 0 aromatic carbocycles. The standard InChI is InChI=1S/C17H32O2S/c1-13(2)15-5-4-14(3)10-16(15)19-11-17(12-20)6-8-18-9-7-17/h13-16,20H,4-12H2,1-3H3. The van der Waals surface area contributed by atoms with Crippen LogP contribution in [0.4, 0.5) is 0 Å². The summed E-state index contributed by atoms with van der Waals surface area (Å²) in [4.78, 5) is 0. The summed E-state index contributed by atoms with van der Waals surface area (Å²) < 4.78 is 12.0. The Kier molecular flexibility index (Phi) is 6.25. The number of thiol groups is 1. The van der Waals surface area contributed by atoms with Gasteiger partial charge in [-0.25, -0.2) is 0 Å². The van der Waals surface area contributed by atoms with Crippen molar-refractivity contribution < 1.29 is 9.47 Å². The maximum atomic E-state index is 6.46. The van der Waals surface area contributed by atoms with Gasteiger partial charge in [-0.3, -0.25) is 0 Å². The van der Waals surface area contributed by atoms with Crippen LogP contribution in [0.2, 0.25) is 0 Å². The first-order valence-electron chi connectivity index (χ1n) is 8.36. The molecule has 1 saturated heterocycles. The first-order chi connectivity index (χ1) is 9.56. The minimum Gasteiger partial charge on any atom is -0.381 e. The normalized spacial score (nSPS) is 34.4. The van der Waals surface area contributed by atoms with Crippen LogP contribution in [-0.2, 0) is 9.47 Å². The highest BCUT2D eigenvalue weighted by atomic mass is 32.1. The number of hydrogen-bond donors (Lipinski definition) is 1. The van der Waals surface area contributed by atoms with Crippen LogP contribution < -0.4 is 0 Å². The van der Waals surface area contributed by atoms with Gasteiger partial charge >= 0.3 is 0 Å². The quantitative estimate of drug-likeness (QED) is 0.767. The van der Waals surface area contributed by atoms with Crippen molar-refractivity contribution in [1.82, 2.24) is 0 Å². The van der Waals surface area contributed by atoms with Crippen LogP contribution in [0.5, 0.6) is 0 Å². The van der Waals surface area contributed by atoms with Crippen molar-refractivity contribution in [2.45, 2.75) is 59.0 Å². The van der Waals surface area contributed by atoms with Gasteiger partial charge in [0, 0.05) is 18.6 Å². The van der Waals surface area contributed by atoms with Gasteiger partial charge < -0.3 is 9.47 Å². The third kappa shape index (κ3) is 4.14. The molecule has 2 nitrogen and oxygen atoms in total. The van der Waals surface area contributed by atoms with Crippen molar-refractivity contribution in [2.24, 2.45) is 23.2 Å². The fourth-order valence-corrected chi connectivity index (χ4v) is 4.15. The van der Waals surface area contributed by atoms with E-state index in [1.807, 2.05) is 0 Å². The number of ether oxygens (including phenoxy) is 2. The van der Waals surface area contributed by atoms with Crippen LogP contribution in [0.25, 0.3) is 0 Å². The van der Waals surface area contributed by atoms with Crippen molar-refractivity contribution in [3.05, 3.63) is 0 Å². The van der Waals surface area contributed by atoms with E-state index in [0.717, 1.165) is 56.2 Å². The van der Waals surface area contributed by atoms with Crippen LogP contribution in [0, 0.1) is 23.2 Å². The molecule has 3 atom stereocenters. The Labute approximate surface area is 130 Å². The van der Waals surface area contributed by atoms with Gasteiger partial charge in [0.15, 0.2) is 0 Å². The third-order valence-corrected chi connectivity index (χ3v) is 6.12. The molecule has 2 fully saturated rings.